The largest absolute Gasteiger partial charge is 0.491 e. The molecule has 0 bridgehead atoms. The van der Waals surface area contributed by atoms with Crippen molar-refractivity contribution in [2.45, 2.75) is 26.8 Å². The van der Waals surface area contributed by atoms with E-state index in [0.717, 1.165) is 16.9 Å². The van der Waals surface area contributed by atoms with Crippen molar-refractivity contribution in [3.05, 3.63) is 29.3 Å². The number of hydrazone groups is 1. The summed E-state index contributed by atoms with van der Waals surface area (Å²) in [6.45, 7) is 6.34. The summed E-state index contributed by atoms with van der Waals surface area (Å²) in [4.78, 5) is 4.15. The van der Waals surface area contributed by atoms with Gasteiger partial charge in [0.25, 0.3) is 0 Å². The molecule has 1 atom stereocenters. The van der Waals surface area contributed by atoms with E-state index >= 15 is 0 Å². The summed E-state index contributed by atoms with van der Waals surface area (Å²) in [5.74, 6) is 0.845. The van der Waals surface area contributed by atoms with E-state index in [-0.39, 0.29) is 30.4 Å². The van der Waals surface area contributed by atoms with Gasteiger partial charge in [-0.15, -0.1) is 17.5 Å². The number of guanidine groups is 2. The lowest BCUT2D eigenvalue weighted by Crippen LogP contribution is -2.34. The monoisotopic (exact) mass is 314 g/mol. The van der Waals surface area contributed by atoms with Crippen LogP contribution in [0.2, 0.25) is 0 Å². The Hall–Kier alpha value is -2.15. The second kappa shape index (κ2) is 8.91. The summed E-state index contributed by atoms with van der Waals surface area (Å²) in [6.07, 6.45) is 0. The van der Waals surface area contributed by atoms with Crippen LogP contribution in [0, 0.1) is 13.8 Å². The topological polar surface area (TPSA) is 124 Å². The quantitative estimate of drug-likeness (QED) is 0.359. The molecule has 7 N–H and O–H groups in total. The Labute approximate surface area is 131 Å². The number of nitrogens with zero attached hydrogens (tertiary/aromatic N) is 2. The van der Waals surface area contributed by atoms with Crippen molar-refractivity contribution >= 4 is 24.3 Å². The summed E-state index contributed by atoms with van der Waals surface area (Å²) in [7, 11) is 0. The number of aryl methyl sites for hydroxylation is 2. The van der Waals surface area contributed by atoms with E-state index in [9.17, 15) is 0 Å². The zero-order valence-electron chi connectivity index (χ0n) is 12.5. The van der Waals surface area contributed by atoms with Gasteiger partial charge in [0.05, 0.1) is 6.04 Å². The van der Waals surface area contributed by atoms with E-state index in [1.807, 2.05) is 32.9 Å². The Morgan fingerprint density at radius 2 is 1.76 bits per heavy atom. The molecule has 0 aromatic heterocycles. The maximum atomic E-state index is 5.68. The van der Waals surface area contributed by atoms with Crippen LogP contribution >= 0.6 is 12.4 Å². The van der Waals surface area contributed by atoms with Crippen LogP contribution in [0.3, 0.4) is 0 Å². The molecular weight excluding hydrogens is 292 g/mol. The zero-order valence-corrected chi connectivity index (χ0v) is 13.3. The molecule has 21 heavy (non-hydrogen) atoms. The third kappa shape index (κ3) is 7.88. The molecule has 0 fully saturated rings. The van der Waals surface area contributed by atoms with Gasteiger partial charge in [-0.3, -0.25) is 0 Å². The van der Waals surface area contributed by atoms with Gasteiger partial charge >= 0.3 is 0 Å². The fourth-order valence-corrected chi connectivity index (χ4v) is 1.66. The number of hydrogen-bond donors (Lipinski definition) is 4. The van der Waals surface area contributed by atoms with E-state index < -0.39 is 0 Å². The average Bonchev–Trinajstić information content (AvgIpc) is 2.33. The van der Waals surface area contributed by atoms with Crippen molar-refractivity contribution in [2.75, 3.05) is 6.61 Å². The number of nitrogens with two attached hydrogens (primary N) is 3. The van der Waals surface area contributed by atoms with E-state index in [4.69, 9.17) is 21.9 Å². The molecule has 1 rings (SSSR count). The van der Waals surface area contributed by atoms with Crippen LogP contribution < -0.4 is 27.4 Å². The Balaban J connectivity index is 0.00000400. The SMILES string of the molecule is Cc1cc(C)cc(OCC(C)N=C(N)NN=C(N)N)c1.Cl. The van der Waals surface area contributed by atoms with Crippen LogP contribution in [0.25, 0.3) is 0 Å². The third-order valence-corrected chi connectivity index (χ3v) is 2.35. The van der Waals surface area contributed by atoms with Crippen LogP contribution in [-0.4, -0.2) is 24.6 Å². The van der Waals surface area contributed by atoms with Gasteiger partial charge in [0.1, 0.15) is 12.4 Å². The zero-order chi connectivity index (χ0) is 15.1. The molecule has 0 heterocycles. The molecule has 0 saturated heterocycles. The van der Waals surface area contributed by atoms with Gasteiger partial charge in [-0.25, -0.2) is 10.4 Å². The molecule has 7 nitrogen and oxygen atoms in total. The minimum absolute atomic E-state index is 0. The summed E-state index contributed by atoms with van der Waals surface area (Å²) in [5, 5.41) is 3.54. The molecule has 0 aliphatic rings. The highest BCUT2D eigenvalue weighted by molar-refractivity contribution is 5.85. The molecule has 0 amide bonds. The third-order valence-electron chi connectivity index (χ3n) is 2.35. The highest BCUT2D eigenvalue weighted by atomic mass is 35.5. The van der Waals surface area contributed by atoms with Crippen LogP contribution in [0.5, 0.6) is 5.75 Å². The fraction of sp³-hybridized carbons (Fsp3) is 0.385. The van der Waals surface area contributed by atoms with Crippen molar-refractivity contribution in [2.24, 2.45) is 27.3 Å². The Bertz CT molecular complexity index is 493. The molecule has 8 heteroatoms. The van der Waals surface area contributed by atoms with Crippen LogP contribution in [0.1, 0.15) is 18.1 Å². The second-order valence-corrected chi connectivity index (χ2v) is 4.65. The molecule has 0 spiro atoms. The van der Waals surface area contributed by atoms with Crippen molar-refractivity contribution in [1.82, 2.24) is 5.43 Å². The highest BCUT2D eigenvalue weighted by Gasteiger charge is 2.03. The maximum Gasteiger partial charge on any atom is 0.209 e. The first-order chi connectivity index (χ1) is 9.36. The van der Waals surface area contributed by atoms with Crippen molar-refractivity contribution in [3.63, 3.8) is 0 Å². The number of benzene rings is 1. The second-order valence-electron chi connectivity index (χ2n) is 4.65. The van der Waals surface area contributed by atoms with Gasteiger partial charge in [0.2, 0.25) is 11.9 Å². The standard InChI is InChI=1S/C13H22N6O.ClH/c1-8-4-9(2)6-11(5-8)20-7-10(3)17-13(16)19-18-12(14)15;/h4-6,10H,7H2,1-3H3,(H4,14,15,18)(H3,16,17,19);1H. The van der Waals surface area contributed by atoms with Crippen molar-refractivity contribution in [3.8, 4) is 5.75 Å². The van der Waals surface area contributed by atoms with Gasteiger partial charge in [0, 0.05) is 0 Å². The van der Waals surface area contributed by atoms with Crippen LogP contribution in [0.4, 0.5) is 0 Å². The summed E-state index contributed by atoms with van der Waals surface area (Å²) in [6, 6.07) is 5.91. The van der Waals surface area contributed by atoms with Gasteiger partial charge in [-0.05, 0) is 44.0 Å². The van der Waals surface area contributed by atoms with E-state index in [1.165, 1.54) is 0 Å². The van der Waals surface area contributed by atoms with E-state index in [2.05, 4.69) is 21.6 Å². The van der Waals surface area contributed by atoms with Gasteiger partial charge in [-0.1, -0.05) is 6.07 Å². The molecule has 118 valence electrons. The minimum atomic E-state index is -0.127. The molecule has 1 unspecified atom stereocenters. The first-order valence-electron chi connectivity index (χ1n) is 6.26. The molecule has 0 aliphatic carbocycles. The summed E-state index contributed by atoms with van der Waals surface area (Å²) < 4.78 is 5.68. The van der Waals surface area contributed by atoms with Crippen LogP contribution in [-0.2, 0) is 0 Å². The molecule has 1 aromatic rings. The van der Waals surface area contributed by atoms with Gasteiger partial charge < -0.3 is 21.9 Å². The van der Waals surface area contributed by atoms with Crippen LogP contribution in [0.15, 0.2) is 28.3 Å². The average molecular weight is 315 g/mol. The number of hydrogen-bond acceptors (Lipinski definition) is 3. The molecule has 0 saturated carbocycles. The number of rotatable bonds is 5. The van der Waals surface area contributed by atoms with Crippen molar-refractivity contribution < 1.29 is 4.74 Å². The Morgan fingerprint density at radius 1 is 1.19 bits per heavy atom. The molecule has 0 radical (unpaired) electrons. The highest BCUT2D eigenvalue weighted by Crippen LogP contribution is 2.16. The van der Waals surface area contributed by atoms with Gasteiger partial charge in [-0.2, -0.15) is 0 Å². The van der Waals surface area contributed by atoms with E-state index in [0.29, 0.717) is 6.61 Å². The lowest BCUT2D eigenvalue weighted by atomic mass is 10.1. The maximum absolute atomic E-state index is 5.68. The number of ether oxygens (including phenoxy) is 1. The predicted molar refractivity (Wildman–Crippen MR) is 88.7 cm³/mol. The lowest BCUT2D eigenvalue weighted by Gasteiger charge is -2.11. The number of halogens is 1. The number of aliphatic imine (C=N–C) groups is 1. The van der Waals surface area contributed by atoms with Crippen molar-refractivity contribution in [1.29, 1.82) is 0 Å². The molecule has 1 aromatic carbocycles. The Kier molecular flexibility index (Phi) is 8.00. The first-order valence-corrected chi connectivity index (χ1v) is 6.26. The summed E-state index contributed by atoms with van der Waals surface area (Å²) >= 11 is 0. The summed E-state index contributed by atoms with van der Waals surface area (Å²) in [5.41, 5.74) is 20.7. The number of nitrogens with one attached hydrogen (secondary N) is 1. The Morgan fingerprint density at radius 3 is 2.29 bits per heavy atom. The predicted octanol–water partition coefficient (Wildman–Crippen LogP) is 0.585. The first kappa shape index (κ1) is 18.9. The normalized spacial score (nSPS) is 12.0. The minimum Gasteiger partial charge on any atom is -0.491 e. The fourth-order valence-electron chi connectivity index (χ4n) is 1.66. The van der Waals surface area contributed by atoms with Gasteiger partial charge in [0.15, 0.2) is 0 Å². The molecule has 0 aliphatic heterocycles. The van der Waals surface area contributed by atoms with E-state index in [1.54, 1.807) is 0 Å². The smallest absolute Gasteiger partial charge is 0.209 e. The lowest BCUT2D eigenvalue weighted by molar-refractivity contribution is 0.296. The molecular formula is C13H23ClN6O.